The van der Waals surface area contributed by atoms with Crippen LogP contribution in [0.2, 0.25) is 0 Å². The lowest BCUT2D eigenvalue weighted by Crippen LogP contribution is -2.08. The quantitative estimate of drug-likeness (QED) is 0.545. The summed E-state index contributed by atoms with van der Waals surface area (Å²) in [5.41, 5.74) is 0.660. The van der Waals surface area contributed by atoms with E-state index in [1.165, 1.54) is 0 Å². The molecule has 0 heterocycles. The fourth-order valence-electron chi connectivity index (χ4n) is 1.25. The van der Waals surface area contributed by atoms with Gasteiger partial charge in [0.2, 0.25) is 0 Å². The molecule has 0 aromatic heterocycles. The maximum Gasteiger partial charge on any atom is 0.138 e. The van der Waals surface area contributed by atoms with Crippen molar-refractivity contribution in [2.24, 2.45) is 5.92 Å². The summed E-state index contributed by atoms with van der Waals surface area (Å²) in [6.45, 7) is 1.54. The molecule has 0 aromatic rings. The van der Waals surface area contributed by atoms with Crippen LogP contribution in [0, 0.1) is 17.2 Å². The van der Waals surface area contributed by atoms with Gasteiger partial charge in [0.05, 0.1) is 12.0 Å². The Balaban J connectivity index is 2.75. The fourth-order valence-corrected chi connectivity index (χ4v) is 1.25. The molecule has 1 atom stereocenters. The minimum atomic E-state index is -0.0926. The Morgan fingerprint density at radius 1 is 1.90 bits per heavy atom. The van der Waals surface area contributed by atoms with Crippen LogP contribution in [0.5, 0.6) is 0 Å². The zero-order valence-corrected chi connectivity index (χ0v) is 5.92. The van der Waals surface area contributed by atoms with E-state index in [0.29, 0.717) is 5.57 Å². The fraction of sp³-hybridized carbons (Fsp3) is 0.500. The lowest BCUT2D eigenvalue weighted by molar-refractivity contribution is -0.119. The predicted octanol–water partition coefficient (Wildman–Crippen LogP) is 1.44. The molecular formula is C8H9NO. The average Bonchev–Trinajstić information content (AvgIpc) is 2.33. The van der Waals surface area contributed by atoms with Crippen molar-refractivity contribution in [3.05, 3.63) is 11.6 Å². The van der Waals surface area contributed by atoms with E-state index < -0.39 is 0 Å². The van der Waals surface area contributed by atoms with E-state index in [9.17, 15) is 4.79 Å². The maximum atomic E-state index is 10.8. The monoisotopic (exact) mass is 135 g/mol. The first-order chi connectivity index (χ1) is 4.75. The van der Waals surface area contributed by atoms with Crippen molar-refractivity contribution in [2.75, 3.05) is 0 Å². The van der Waals surface area contributed by atoms with E-state index in [4.69, 9.17) is 5.26 Å². The molecule has 1 aliphatic rings. The Morgan fingerprint density at radius 2 is 2.60 bits per heavy atom. The summed E-state index contributed by atoms with van der Waals surface area (Å²) >= 11 is 0. The van der Waals surface area contributed by atoms with Crippen molar-refractivity contribution < 1.29 is 4.79 Å². The van der Waals surface area contributed by atoms with Gasteiger partial charge >= 0.3 is 0 Å². The van der Waals surface area contributed by atoms with Crippen LogP contribution >= 0.6 is 0 Å². The number of nitrogens with zero attached hydrogens (tertiary/aromatic N) is 1. The van der Waals surface area contributed by atoms with Gasteiger partial charge in [-0.25, -0.2) is 0 Å². The number of ketones is 1. The molecule has 0 radical (unpaired) electrons. The van der Waals surface area contributed by atoms with Gasteiger partial charge in [-0.2, -0.15) is 5.26 Å². The number of nitriles is 1. The van der Waals surface area contributed by atoms with Gasteiger partial charge in [0.1, 0.15) is 5.78 Å². The number of allylic oxidation sites excluding steroid dienone is 2. The SMILES string of the molecule is CC(=O)C1CCC=C1C#N. The third-order valence-corrected chi connectivity index (χ3v) is 1.81. The van der Waals surface area contributed by atoms with E-state index in [-0.39, 0.29) is 11.7 Å². The number of Topliss-reactive ketones (excluding diaryl/α,β-unsaturated/α-hetero) is 1. The molecule has 0 aromatic carbocycles. The highest BCUT2D eigenvalue weighted by Gasteiger charge is 2.22. The van der Waals surface area contributed by atoms with Crippen LogP contribution in [0.4, 0.5) is 0 Å². The third kappa shape index (κ3) is 1.08. The lowest BCUT2D eigenvalue weighted by atomic mass is 9.99. The van der Waals surface area contributed by atoms with E-state index >= 15 is 0 Å². The molecule has 1 aliphatic carbocycles. The van der Waals surface area contributed by atoms with Crippen LogP contribution in [0.3, 0.4) is 0 Å². The van der Waals surface area contributed by atoms with Gasteiger partial charge in [-0.05, 0) is 19.8 Å². The first-order valence-electron chi connectivity index (χ1n) is 3.36. The molecule has 1 unspecified atom stereocenters. The second kappa shape index (κ2) is 2.66. The van der Waals surface area contributed by atoms with Gasteiger partial charge in [-0.3, -0.25) is 4.79 Å². The summed E-state index contributed by atoms with van der Waals surface area (Å²) < 4.78 is 0. The third-order valence-electron chi connectivity index (χ3n) is 1.81. The summed E-state index contributed by atoms with van der Waals surface area (Å²) in [6.07, 6.45) is 3.57. The standard InChI is InChI=1S/C8H9NO/c1-6(10)8-4-2-3-7(8)5-9/h3,8H,2,4H2,1H3. The van der Waals surface area contributed by atoms with Crippen LogP contribution in [0.15, 0.2) is 11.6 Å². The van der Waals surface area contributed by atoms with Crippen LogP contribution < -0.4 is 0 Å². The maximum absolute atomic E-state index is 10.8. The Hall–Kier alpha value is -1.10. The Bertz CT molecular complexity index is 222. The van der Waals surface area contributed by atoms with E-state index in [2.05, 4.69) is 0 Å². The molecule has 52 valence electrons. The van der Waals surface area contributed by atoms with Gasteiger partial charge in [-0.1, -0.05) is 6.08 Å². The van der Waals surface area contributed by atoms with Gasteiger partial charge in [0.25, 0.3) is 0 Å². The van der Waals surface area contributed by atoms with Crippen molar-refractivity contribution in [1.82, 2.24) is 0 Å². The van der Waals surface area contributed by atoms with Crippen LogP contribution in [0.1, 0.15) is 19.8 Å². The minimum absolute atomic E-state index is 0.0926. The molecule has 10 heavy (non-hydrogen) atoms. The zero-order chi connectivity index (χ0) is 7.56. The highest BCUT2D eigenvalue weighted by molar-refractivity contribution is 5.82. The Kier molecular flexibility index (Phi) is 1.86. The number of hydrogen-bond donors (Lipinski definition) is 0. The highest BCUT2D eigenvalue weighted by Crippen LogP contribution is 2.25. The molecule has 0 saturated heterocycles. The minimum Gasteiger partial charge on any atom is -0.299 e. The smallest absolute Gasteiger partial charge is 0.138 e. The Morgan fingerprint density at radius 3 is 3.00 bits per heavy atom. The topological polar surface area (TPSA) is 40.9 Å². The Labute approximate surface area is 60.2 Å². The first kappa shape index (κ1) is 7.01. The van der Waals surface area contributed by atoms with E-state index in [0.717, 1.165) is 12.8 Å². The summed E-state index contributed by atoms with van der Waals surface area (Å²) in [6, 6.07) is 2.04. The first-order valence-corrected chi connectivity index (χ1v) is 3.36. The van der Waals surface area contributed by atoms with E-state index in [1.807, 2.05) is 12.1 Å². The van der Waals surface area contributed by atoms with Crippen LogP contribution in [-0.2, 0) is 4.79 Å². The van der Waals surface area contributed by atoms with Crippen molar-refractivity contribution in [1.29, 1.82) is 5.26 Å². The summed E-state index contributed by atoms with van der Waals surface area (Å²) in [4.78, 5) is 10.8. The van der Waals surface area contributed by atoms with Gasteiger partial charge in [0.15, 0.2) is 0 Å². The van der Waals surface area contributed by atoms with Crippen molar-refractivity contribution >= 4 is 5.78 Å². The summed E-state index contributed by atoms with van der Waals surface area (Å²) in [5.74, 6) is 0.0234. The molecule has 0 saturated carbocycles. The van der Waals surface area contributed by atoms with Gasteiger partial charge < -0.3 is 0 Å². The molecule has 0 aliphatic heterocycles. The molecule has 2 nitrogen and oxygen atoms in total. The number of carbonyl (C=O) groups is 1. The molecule has 0 N–H and O–H groups in total. The van der Waals surface area contributed by atoms with Crippen LogP contribution in [0.25, 0.3) is 0 Å². The normalized spacial score (nSPS) is 23.6. The summed E-state index contributed by atoms with van der Waals surface area (Å²) in [7, 11) is 0. The lowest BCUT2D eigenvalue weighted by Gasteiger charge is -2.02. The molecular weight excluding hydrogens is 126 g/mol. The largest absolute Gasteiger partial charge is 0.299 e. The second-order valence-corrected chi connectivity index (χ2v) is 2.51. The highest BCUT2D eigenvalue weighted by atomic mass is 16.1. The van der Waals surface area contributed by atoms with Gasteiger partial charge in [-0.15, -0.1) is 0 Å². The molecule has 0 amide bonds. The summed E-state index contributed by atoms with van der Waals surface area (Å²) in [5, 5.41) is 8.51. The average molecular weight is 135 g/mol. The predicted molar refractivity (Wildman–Crippen MR) is 37.1 cm³/mol. The second-order valence-electron chi connectivity index (χ2n) is 2.51. The van der Waals surface area contributed by atoms with Crippen molar-refractivity contribution in [3.8, 4) is 6.07 Å². The van der Waals surface area contributed by atoms with E-state index in [1.54, 1.807) is 6.92 Å². The molecule has 0 bridgehead atoms. The molecule has 1 rings (SSSR count). The number of rotatable bonds is 1. The van der Waals surface area contributed by atoms with Crippen molar-refractivity contribution in [2.45, 2.75) is 19.8 Å². The molecule has 2 heteroatoms. The zero-order valence-electron chi connectivity index (χ0n) is 5.92. The number of carbonyl (C=O) groups excluding carboxylic acids is 1. The van der Waals surface area contributed by atoms with Crippen molar-refractivity contribution in [3.63, 3.8) is 0 Å². The molecule has 0 fully saturated rings. The molecule has 0 spiro atoms. The van der Waals surface area contributed by atoms with Crippen LogP contribution in [-0.4, -0.2) is 5.78 Å². The van der Waals surface area contributed by atoms with Gasteiger partial charge in [0, 0.05) is 5.57 Å². The number of hydrogen-bond acceptors (Lipinski definition) is 2.